The van der Waals surface area contributed by atoms with Crippen molar-refractivity contribution in [3.05, 3.63) is 154 Å². The summed E-state index contributed by atoms with van der Waals surface area (Å²) in [7, 11) is 1.26. The summed E-state index contributed by atoms with van der Waals surface area (Å²) in [6.45, 7) is 6.02. The van der Waals surface area contributed by atoms with Gasteiger partial charge in [0.25, 0.3) is 0 Å². The third-order valence-corrected chi connectivity index (χ3v) is 10.7. The Morgan fingerprint density at radius 1 is 0.712 bits per heavy atom. The lowest BCUT2D eigenvalue weighted by Gasteiger charge is -2.47. The highest BCUT2D eigenvalue weighted by molar-refractivity contribution is 8.04. The molecule has 1 fully saturated rings. The molecule has 312 valence electrons. The average Bonchev–Trinajstić information content (AvgIpc) is 3.24. The predicted molar refractivity (Wildman–Crippen MR) is 220 cm³/mol. The number of ether oxygens (including phenoxy) is 8. The van der Waals surface area contributed by atoms with Gasteiger partial charge in [-0.15, -0.1) is 11.8 Å². The minimum Gasteiger partial charge on any atom is -0.466 e. The van der Waals surface area contributed by atoms with Crippen molar-refractivity contribution in [2.45, 2.75) is 95.1 Å². The van der Waals surface area contributed by atoms with Gasteiger partial charge in [-0.3, -0.25) is 0 Å². The zero-order chi connectivity index (χ0) is 41.6. The van der Waals surface area contributed by atoms with Gasteiger partial charge in [-0.1, -0.05) is 121 Å². The highest BCUT2D eigenvalue weighted by Crippen LogP contribution is 2.45. The second kappa shape index (κ2) is 21.2. The van der Waals surface area contributed by atoms with Crippen LogP contribution in [0.25, 0.3) is 0 Å². The average molecular weight is 826 g/mol. The summed E-state index contributed by atoms with van der Waals surface area (Å²) < 4.78 is 49.4. The second-order valence-corrected chi connectivity index (χ2v) is 16.2. The van der Waals surface area contributed by atoms with E-state index in [1.165, 1.54) is 7.11 Å². The summed E-state index contributed by atoms with van der Waals surface area (Å²) >= 11 is 1.15. The first-order valence-electron chi connectivity index (χ1n) is 19.5. The molecule has 2 aliphatic rings. The van der Waals surface area contributed by atoms with Crippen LogP contribution in [0.1, 0.15) is 49.4 Å². The molecule has 6 atom stereocenters. The number of hydrogen-bond donors (Lipinski definition) is 1. The van der Waals surface area contributed by atoms with Gasteiger partial charge in [0.1, 0.15) is 52.5 Å². The number of benzene rings is 4. The number of esters is 2. The topological polar surface area (TPSA) is 137 Å². The third kappa shape index (κ3) is 12.9. The van der Waals surface area contributed by atoms with Gasteiger partial charge in [-0.25, -0.2) is 14.4 Å². The van der Waals surface area contributed by atoms with E-state index in [2.05, 4.69) is 5.32 Å². The lowest BCUT2D eigenvalue weighted by Crippen LogP contribution is -2.61. The van der Waals surface area contributed by atoms with Crippen LogP contribution in [0.4, 0.5) is 4.79 Å². The highest BCUT2D eigenvalue weighted by atomic mass is 32.2. The van der Waals surface area contributed by atoms with Gasteiger partial charge in [0.05, 0.1) is 33.5 Å². The minimum atomic E-state index is -1.32. The molecule has 13 heteroatoms. The van der Waals surface area contributed by atoms with Gasteiger partial charge in [0, 0.05) is 6.42 Å². The smallest absolute Gasteiger partial charge is 0.408 e. The van der Waals surface area contributed by atoms with Crippen molar-refractivity contribution in [1.29, 1.82) is 0 Å². The van der Waals surface area contributed by atoms with Crippen LogP contribution in [-0.4, -0.2) is 73.2 Å². The Bertz CT molecular complexity index is 1980. The van der Waals surface area contributed by atoms with Crippen molar-refractivity contribution in [1.82, 2.24) is 5.32 Å². The monoisotopic (exact) mass is 825 g/mol. The van der Waals surface area contributed by atoms with E-state index in [1.807, 2.05) is 121 Å². The third-order valence-electron chi connectivity index (χ3n) is 9.28. The van der Waals surface area contributed by atoms with Gasteiger partial charge < -0.3 is 43.2 Å². The molecule has 0 spiro atoms. The molecular formula is C46H51NO11S. The Kier molecular flexibility index (Phi) is 15.6. The molecule has 4 aromatic carbocycles. The van der Waals surface area contributed by atoms with Crippen molar-refractivity contribution >= 4 is 29.8 Å². The van der Waals surface area contributed by atoms with E-state index in [9.17, 15) is 14.4 Å². The standard InChI is InChI=1S/C46H51NO11S/c1-46(2,3)58-45(50)47-35(42(48)55-29-34-23-15-8-16-24-34)25-36-40(43(49)51-4)59-41-39(54-28-33-21-13-7-14-22-33)38(53-27-32-19-11-6-12-20-32)37(57-44(41)56-36)30-52-26-31-17-9-5-10-18-31/h5-24,35,37-39,41,44H,25-30H2,1-4H3,(H,47,50)/t35-,37+,38-,39-,41+,44-/m0/s1. The van der Waals surface area contributed by atoms with Crippen LogP contribution in [0, 0.1) is 0 Å². The van der Waals surface area contributed by atoms with Crippen molar-refractivity contribution in [2.24, 2.45) is 0 Å². The van der Waals surface area contributed by atoms with Crippen LogP contribution in [0.15, 0.2) is 132 Å². The molecule has 0 bridgehead atoms. The molecule has 6 rings (SSSR count). The normalized spacial score (nSPS) is 20.7. The zero-order valence-electron chi connectivity index (χ0n) is 33.7. The first-order valence-corrected chi connectivity index (χ1v) is 20.4. The fraction of sp³-hybridized carbons (Fsp3) is 0.370. The Labute approximate surface area is 349 Å². The molecule has 0 saturated carbocycles. The van der Waals surface area contributed by atoms with Crippen molar-refractivity contribution < 1.29 is 52.3 Å². The Morgan fingerprint density at radius 3 is 1.75 bits per heavy atom. The van der Waals surface area contributed by atoms with Crippen LogP contribution in [0.2, 0.25) is 0 Å². The maximum absolute atomic E-state index is 13.7. The number of carbonyl (C=O) groups excluding carboxylic acids is 3. The number of nitrogens with one attached hydrogen (secondary N) is 1. The Morgan fingerprint density at radius 2 is 1.22 bits per heavy atom. The van der Waals surface area contributed by atoms with Gasteiger partial charge >= 0.3 is 18.0 Å². The number of rotatable bonds is 17. The number of amides is 1. The van der Waals surface area contributed by atoms with Crippen LogP contribution >= 0.6 is 11.8 Å². The zero-order valence-corrected chi connectivity index (χ0v) is 34.5. The molecule has 2 heterocycles. The van der Waals surface area contributed by atoms with Crippen LogP contribution < -0.4 is 5.32 Å². The first-order chi connectivity index (χ1) is 28.6. The lowest BCUT2D eigenvalue weighted by molar-refractivity contribution is -0.267. The van der Waals surface area contributed by atoms with Gasteiger partial charge in [-0.2, -0.15) is 0 Å². The van der Waals surface area contributed by atoms with Crippen molar-refractivity contribution in [2.75, 3.05) is 13.7 Å². The van der Waals surface area contributed by atoms with E-state index in [-0.39, 0.29) is 43.5 Å². The molecule has 0 aliphatic carbocycles. The van der Waals surface area contributed by atoms with E-state index < -0.39 is 59.5 Å². The number of hydrogen-bond acceptors (Lipinski definition) is 12. The quantitative estimate of drug-likeness (QED) is 0.0828. The van der Waals surface area contributed by atoms with E-state index in [0.717, 1.165) is 34.0 Å². The lowest BCUT2D eigenvalue weighted by atomic mass is 9.99. The second-order valence-electron chi connectivity index (χ2n) is 15.0. The summed E-state index contributed by atoms with van der Waals surface area (Å²) in [6.07, 6.45) is -4.21. The van der Waals surface area contributed by atoms with E-state index in [0.29, 0.717) is 6.61 Å². The summed E-state index contributed by atoms with van der Waals surface area (Å²) in [5, 5.41) is 1.98. The molecular weight excluding hydrogens is 775 g/mol. The van der Waals surface area contributed by atoms with E-state index in [1.54, 1.807) is 20.8 Å². The van der Waals surface area contributed by atoms with E-state index >= 15 is 0 Å². The number of carbonyl (C=O) groups is 3. The molecule has 2 aliphatic heterocycles. The molecule has 1 N–H and O–H groups in total. The molecule has 1 amide bonds. The summed E-state index contributed by atoms with van der Waals surface area (Å²) in [4.78, 5) is 40.5. The highest BCUT2D eigenvalue weighted by Gasteiger charge is 2.53. The van der Waals surface area contributed by atoms with E-state index in [4.69, 9.17) is 37.9 Å². The summed E-state index contributed by atoms with van der Waals surface area (Å²) in [5.74, 6) is -1.40. The van der Waals surface area contributed by atoms with Gasteiger partial charge in [0.15, 0.2) is 0 Å². The number of fused-ring (bicyclic) bond motifs is 1. The molecule has 12 nitrogen and oxygen atoms in total. The van der Waals surface area contributed by atoms with Crippen molar-refractivity contribution in [3.8, 4) is 0 Å². The molecule has 59 heavy (non-hydrogen) atoms. The SMILES string of the molecule is COC(=O)C1=C(C[C@H](NC(=O)OC(C)(C)C)C(=O)OCc2ccccc2)O[C@H]2O[C@H](COCc3ccccc3)[C@H](OCc3ccccc3)[C@H](OCc3ccccc3)[C@H]2S1. The number of thioether (sulfide) groups is 1. The summed E-state index contributed by atoms with van der Waals surface area (Å²) in [6, 6.07) is 37.1. The minimum absolute atomic E-state index is 0.0477. The molecule has 0 aromatic heterocycles. The fourth-order valence-corrected chi connectivity index (χ4v) is 7.79. The molecule has 0 radical (unpaired) electrons. The molecule has 1 saturated heterocycles. The van der Waals surface area contributed by atoms with Crippen LogP contribution in [-0.2, 0) is 73.9 Å². The van der Waals surface area contributed by atoms with Gasteiger partial charge in [0.2, 0.25) is 6.29 Å². The molecule has 0 unspecified atom stereocenters. The number of alkyl carbamates (subject to hydrolysis) is 1. The first kappa shape index (κ1) is 43.4. The van der Waals surface area contributed by atoms with Gasteiger partial charge in [-0.05, 0) is 43.0 Å². The van der Waals surface area contributed by atoms with Crippen LogP contribution in [0.5, 0.6) is 0 Å². The predicted octanol–water partition coefficient (Wildman–Crippen LogP) is 7.64. The summed E-state index contributed by atoms with van der Waals surface area (Å²) in [5.41, 5.74) is 2.77. The maximum atomic E-state index is 13.7. The maximum Gasteiger partial charge on any atom is 0.408 e. The van der Waals surface area contributed by atoms with Crippen molar-refractivity contribution in [3.63, 3.8) is 0 Å². The fourth-order valence-electron chi connectivity index (χ4n) is 6.47. The Hall–Kier alpha value is -5.18. The number of methoxy groups -OCH3 is 1. The Balaban J connectivity index is 1.32. The molecule has 4 aromatic rings. The largest absolute Gasteiger partial charge is 0.466 e. The van der Waals surface area contributed by atoms with Crippen LogP contribution in [0.3, 0.4) is 0 Å².